The molecular weight excluding hydrogens is 290 g/mol. The van der Waals surface area contributed by atoms with Crippen molar-refractivity contribution in [1.82, 2.24) is 14.8 Å². The Morgan fingerprint density at radius 3 is 2.79 bits per heavy atom. The van der Waals surface area contributed by atoms with Crippen LogP contribution < -0.4 is 4.74 Å². The van der Waals surface area contributed by atoms with Crippen LogP contribution in [0.3, 0.4) is 0 Å². The van der Waals surface area contributed by atoms with Gasteiger partial charge in [0.2, 0.25) is 0 Å². The lowest BCUT2D eigenvalue weighted by Gasteiger charge is -2.08. The van der Waals surface area contributed by atoms with Gasteiger partial charge in [0, 0.05) is 23.3 Å². The molecule has 0 bridgehead atoms. The predicted molar refractivity (Wildman–Crippen MR) is 67.8 cm³/mol. The van der Waals surface area contributed by atoms with Gasteiger partial charge < -0.3 is 9.30 Å². The van der Waals surface area contributed by atoms with Crippen LogP contribution in [0, 0.1) is 0 Å². The Morgan fingerprint density at radius 1 is 1.37 bits per heavy atom. The van der Waals surface area contributed by atoms with Crippen LogP contribution >= 0.6 is 10.7 Å². The highest BCUT2D eigenvalue weighted by Crippen LogP contribution is 2.37. The van der Waals surface area contributed by atoms with Crippen LogP contribution in [0.4, 0.5) is 0 Å². The van der Waals surface area contributed by atoms with E-state index in [0.29, 0.717) is 12.4 Å². The van der Waals surface area contributed by atoms with Crippen molar-refractivity contribution in [1.29, 1.82) is 0 Å². The molecule has 1 aromatic carbocycles. The number of hydrogen-bond acceptors (Lipinski definition) is 5. The summed E-state index contributed by atoms with van der Waals surface area (Å²) in [6, 6.07) is 7.57. The zero-order valence-electron chi connectivity index (χ0n) is 9.95. The molecule has 1 aromatic heterocycles. The zero-order chi connectivity index (χ0) is 13.6. The summed E-state index contributed by atoms with van der Waals surface area (Å²) < 4.78 is 29.6. The summed E-state index contributed by atoms with van der Waals surface area (Å²) in [6.45, 7) is 0.410. The number of para-hydroxylation sites is 1. The Morgan fingerprint density at radius 2 is 2.11 bits per heavy atom. The summed E-state index contributed by atoms with van der Waals surface area (Å²) in [5.74, 6) is 1.16. The molecule has 0 radical (unpaired) electrons. The standard InChI is InChI=1S/C11H10ClN3O3S/c1-15-10(13-14-11(15)19(12,16)17)8-6-18-9-5-3-2-4-7(8)9/h2-5,8H,6H2,1H3. The van der Waals surface area contributed by atoms with E-state index in [0.717, 1.165) is 11.3 Å². The van der Waals surface area contributed by atoms with Crippen LogP contribution in [-0.4, -0.2) is 29.8 Å². The summed E-state index contributed by atoms with van der Waals surface area (Å²) >= 11 is 0. The molecule has 1 aliphatic heterocycles. The number of nitrogens with zero attached hydrogens (tertiary/aromatic N) is 3. The van der Waals surface area contributed by atoms with Crippen molar-refractivity contribution in [3.63, 3.8) is 0 Å². The molecular formula is C11H10ClN3O3S. The lowest BCUT2D eigenvalue weighted by Crippen LogP contribution is -2.11. The van der Waals surface area contributed by atoms with Crippen molar-refractivity contribution < 1.29 is 13.2 Å². The second-order valence-electron chi connectivity index (χ2n) is 4.24. The smallest absolute Gasteiger partial charge is 0.296 e. The molecule has 1 unspecified atom stereocenters. The monoisotopic (exact) mass is 299 g/mol. The molecule has 3 rings (SSSR count). The predicted octanol–water partition coefficient (Wildman–Crippen LogP) is 1.27. The van der Waals surface area contributed by atoms with Crippen LogP contribution in [0.5, 0.6) is 5.75 Å². The highest BCUT2D eigenvalue weighted by atomic mass is 35.7. The van der Waals surface area contributed by atoms with Gasteiger partial charge in [0.15, 0.2) is 0 Å². The summed E-state index contributed by atoms with van der Waals surface area (Å²) in [4.78, 5) is 0. The molecule has 19 heavy (non-hydrogen) atoms. The Labute approximate surface area is 114 Å². The molecule has 0 fully saturated rings. The van der Waals surface area contributed by atoms with E-state index < -0.39 is 9.05 Å². The molecule has 8 heteroatoms. The number of fused-ring (bicyclic) bond motifs is 1. The second kappa shape index (κ2) is 4.21. The van der Waals surface area contributed by atoms with Crippen LogP contribution in [0.2, 0.25) is 0 Å². The van der Waals surface area contributed by atoms with E-state index in [1.807, 2.05) is 24.3 Å². The van der Waals surface area contributed by atoms with Gasteiger partial charge in [0.25, 0.3) is 14.2 Å². The van der Waals surface area contributed by atoms with Gasteiger partial charge >= 0.3 is 0 Å². The van der Waals surface area contributed by atoms with Crippen molar-refractivity contribution in [3.8, 4) is 5.75 Å². The minimum atomic E-state index is -3.90. The highest BCUT2D eigenvalue weighted by Gasteiger charge is 2.31. The van der Waals surface area contributed by atoms with Crippen LogP contribution in [-0.2, 0) is 16.1 Å². The van der Waals surface area contributed by atoms with Gasteiger partial charge in [-0.1, -0.05) is 18.2 Å². The maximum atomic E-state index is 11.3. The van der Waals surface area contributed by atoms with Crippen molar-refractivity contribution in [2.75, 3.05) is 6.61 Å². The third kappa shape index (κ3) is 1.98. The lowest BCUT2D eigenvalue weighted by atomic mass is 10.0. The number of benzene rings is 1. The summed E-state index contributed by atoms with van der Waals surface area (Å²) in [7, 11) is 2.98. The quantitative estimate of drug-likeness (QED) is 0.781. The molecule has 6 nitrogen and oxygen atoms in total. The van der Waals surface area contributed by atoms with E-state index in [-0.39, 0.29) is 11.1 Å². The van der Waals surface area contributed by atoms with Crippen molar-refractivity contribution >= 4 is 19.7 Å². The van der Waals surface area contributed by atoms with Gasteiger partial charge in [-0.3, -0.25) is 0 Å². The first-order valence-electron chi connectivity index (χ1n) is 5.54. The minimum Gasteiger partial charge on any atom is -0.492 e. The topological polar surface area (TPSA) is 74.1 Å². The first-order valence-corrected chi connectivity index (χ1v) is 7.85. The van der Waals surface area contributed by atoms with Gasteiger partial charge in [-0.05, 0) is 6.07 Å². The molecule has 0 aliphatic carbocycles. The average molecular weight is 300 g/mol. The fourth-order valence-electron chi connectivity index (χ4n) is 2.22. The van der Waals surface area contributed by atoms with Crippen molar-refractivity contribution in [2.24, 2.45) is 7.05 Å². The van der Waals surface area contributed by atoms with Gasteiger partial charge in [-0.25, -0.2) is 8.42 Å². The molecule has 1 aliphatic rings. The van der Waals surface area contributed by atoms with Gasteiger partial charge in [0.05, 0.1) is 5.92 Å². The zero-order valence-corrected chi connectivity index (χ0v) is 11.5. The van der Waals surface area contributed by atoms with Gasteiger partial charge in [0.1, 0.15) is 18.2 Å². The molecule has 0 amide bonds. The number of halogens is 1. The van der Waals surface area contributed by atoms with E-state index in [4.69, 9.17) is 15.4 Å². The molecule has 1 atom stereocenters. The first kappa shape index (κ1) is 12.4. The van der Waals surface area contributed by atoms with E-state index in [1.54, 1.807) is 7.05 Å². The third-order valence-corrected chi connectivity index (χ3v) is 4.30. The average Bonchev–Trinajstić information content (AvgIpc) is 2.91. The number of aromatic nitrogens is 3. The molecule has 0 saturated heterocycles. The molecule has 0 saturated carbocycles. The maximum Gasteiger partial charge on any atom is 0.296 e. The number of hydrogen-bond donors (Lipinski definition) is 0. The van der Waals surface area contributed by atoms with Crippen molar-refractivity contribution in [2.45, 2.75) is 11.1 Å². The van der Waals surface area contributed by atoms with E-state index in [1.165, 1.54) is 4.57 Å². The molecule has 2 aromatic rings. The summed E-state index contributed by atoms with van der Waals surface area (Å²) in [6.07, 6.45) is 0. The minimum absolute atomic E-state index is 0.138. The van der Waals surface area contributed by atoms with E-state index in [9.17, 15) is 8.42 Å². The van der Waals surface area contributed by atoms with E-state index >= 15 is 0 Å². The second-order valence-corrected chi connectivity index (χ2v) is 6.70. The normalized spacial score (nSPS) is 18.1. The fraction of sp³-hybridized carbons (Fsp3) is 0.273. The van der Waals surface area contributed by atoms with Gasteiger partial charge in [-0.2, -0.15) is 0 Å². The Hall–Kier alpha value is -1.60. The first-order chi connectivity index (χ1) is 8.98. The molecule has 0 N–H and O–H groups in total. The number of ether oxygens (including phenoxy) is 1. The molecule has 2 heterocycles. The summed E-state index contributed by atoms with van der Waals surface area (Å²) in [5.41, 5.74) is 0.969. The summed E-state index contributed by atoms with van der Waals surface area (Å²) in [5, 5.41) is 7.32. The lowest BCUT2D eigenvalue weighted by molar-refractivity contribution is 0.337. The molecule has 100 valence electrons. The Bertz CT molecular complexity index is 741. The van der Waals surface area contributed by atoms with Crippen molar-refractivity contribution in [3.05, 3.63) is 35.7 Å². The third-order valence-electron chi connectivity index (χ3n) is 3.10. The largest absolute Gasteiger partial charge is 0.492 e. The van der Waals surface area contributed by atoms with E-state index in [2.05, 4.69) is 10.2 Å². The Kier molecular flexibility index (Phi) is 2.75. The Balaban J connectivity index is 2.09. The number of rotatable bonds is 2. The van der Waals surface area contributed by atoms with Crippen LogP contribution in [0.25, 0.3) is 0 Å². The SMILES string of the molecule is Cn1c(C2COc3ccccc32)nnc1S(=O)(=O)Cl. The van der Waals surface area contributed by atoms with Crippen LogP contribution in [0.15, 0.2) is 29.4 Å². The van der Waals surface area contributed by atoms with Crippen LogP contribution in [0.1, 0.15) is 17.3 Å². The molecule has 0 spiro atoms. The fourth-order valence-corrected chi connectivity index (χ4v) is 3.18. The highest BCUT2D eigenvalue weighted by molar-refractivity contribution is 8.13. The maximum absolute atomic E-state index is 11.3. The van der Waals surface area contributed by atoms with Gasteiger partial charge in [-0.15, -0.1) is 10.2 Å².